The van der Waals surface area contributed by atoms with Gasteiger partial charge in [0.25, 0.3) is 0 Å². The van der Waals surface area contributed by atoms with Crippen molar-refractivity contribution < 1.29 is 17.9 Å². The average molecular weight is 272 g/mol. The molecule has 0 spiro atoms. The van der Waals surface area contributed by atoms with Crippen LogP contribution < -0.4 is 10.5 Å². The molecular weight excluding hydrogens is 267 g/mol. The van der Waals surface area contributed by atoms with Crippen LogP contribution in [0.5, 0.6) is 5.88 Å². The van der Waals surface area contributed by atoms with Crippen molar-refractivity contribution in [3.63, 3.8) is 0 Å². The molecule has 8 heteroatoms. The molecule has 1 rings (SSSR count). The Hall–Kier alpha value is -1.05. The number of halogens is 4. The number of nitrogens with two attached hydrogens (primary N) is 1. The van der Waals surface area contributed by atoms with Gasteiger partial charge >= 0.3 is 6.18 Å². The van der Waals surface area contributed by atoms with Crippen LogP contribution in [0.3, 0.4) is 0 Å². The van der Waals surface area contributed by atoms with E-state index in [0.29, 0.717) is 0 Å². The van der Waals surface area contributed by atoms with Crippen LogP contribution in [0.1, 0.15) is 0 Å². The third kappa shape index (κ3) is 3.36. The Morgan fingerprint density at radius 1 is 1.50 bits per heavy atom. The number of ether oxygens (including phenoxy) is 1. The van der Waals surface area contributed by atoms with E-state index >= 15 is 0 Å². The topological polar surface area (TPSA) is 61.0 Å². The standard InChI is InChI=1S/C6H5BrF3N3O/c7-3-1-12-5(11)13-4(3)14-2-6(8,9)10/h1H,2H2,(H2,11,12,13). The highest BCUT2D eigenvalue weighted by Gasteiger charge is 2.29. The van der Waals surface area contributed by atoms with Crippen molar-refractivity contribution in [3.05, 3.63) is 10.7 Å². The van der Waals surface area contributed by atoms with Gasteiger partial charge in [0.1, 0.15) is 0 Å². The summed E-state index contributed by atoms with van der Waals surface area (Å²) in [6.45, 7) is -1.41. The highest BCUT2D eigenvalue weighted by Crippen LogP contribution is 2.24. The van der Waals surface area contributed by atoms with Crippen molar-refractivity contribution in [2.75, 3.05) is 12.3 Å². The van der Waals surface area contributed by atoms with E-state index in [2.05, 4.69) is 30.6 Å². The molecule has 14 heavy (non-hydrogen) atoms. The molecule has 0 aliphatic rings. The van der Waals surface area contributed by atoms with Crippen LogP contribution in [0.2, 0.25) is 0 Å². The second kappa shape index (κ2) is 3.99. The van der Waals surface area contributed by atoms with E-state index in [1.807, 2.05) is 0 Å². The number of anilines is 1. The molecule has 78 valence electrons. The fourth-order valence-corrected chi connectivity index (χ4v) is 0.921. The van der Waals surface area contributed by atoms with Gasteiger partial charge in [-0.15, -0.1) is 0 Å². The molecule has 4 nitrogen and oxygen atoms in total. The summed E-state index contributed by atoms with van der Waals surface area (Å²) >= 11 is 2.93. The lowest BCUT2D eigenvalue weighted by Crippen LogP contribution is -2.20. The van der Waals surface area contributed by atoms with Gasteiger partial charge in [-0.05, 0) is 15.9 Å². The molecule has 0 aliphatic carbocycles. The predicted octanol–water partition coefficient (Wildman–Crippen LogP) is 1.76. The van der Waals surface area contributed by atoms with Gasteiger partial charge in [-0.2, -0.15) is 18.2 Å². The molecule has 0 radical (unpaired) electrons. The van der Waals surface area contributed by atoms with Crippen LogP contribution in [0, 0.1) is 0 Å². The van der Waals surface area contributed by atoms with E-state index in [1.165, 1.54) is 6.20 Å². The first-order valence-corrected chi connectivity index (χ1v) is 4.15. The van der Waals surface area contributed by atoms with Crippen LogP contribution >= 0.6 is 15.9 Å². The second-order valence-corrected chi connectivity index (χ2v) is 3.14. The van der Waals surface area contributed by atoms with Crippen molar-refractivity contribution in [1.29, 1.82) is 0 Å². The summed E-state index contributed by atoms with van der Waals surface area (Å²) in [4.78, 5) is 7.02. The zero-order valence-corrected chi connectivity index (χ0v) is 8.26. The molecule has 0 aliphatic heterocycles. The largest absolute Gasteiger partial charge is 0.467 e. The molecule has 0 unspecified atom stereocenters. The highest BCUT2D eigenvalue weighted by atomic mass is 79.9. The highest BCUT2D eigenvalue weighted by molar-refractivity contribution is 9.10. The summed E-state index contributed by atoms with van der Waals surface area (Å²) < 4.78 is 39.9. The predicted molar refractivity (Wildman–Crippen MR) is 45.7 cm³/mol. The first-order valence-electron chi connectivity index (χ1n) is 3.36. The van der Waals surface area contributed by atoms with E-state index in [-0.39, 0.29) is 16.3 Å². The van der Waals surface area contributed by atoms with Gasteiger partial charge in [-0.1, -0.05) is 0 Å². The molecule has 0 fully saturated rings. The Balaban J connectivity index is 2.72. The summed E-state index contributed by atoms with van der Waals surface area (Å²) in [7, 11) is 0. The van der Waals surface area contributed by atoms with Crippen molar-refractivity contribution in [2.24, 2.45) is 0 Å². The Morgan fingerprint density at radius 3 is 2.71 bits per heavy atom. The number of hydrogen-bond donors (Lipinski definition) is 1. The van der Waals surface area contributed by atoms with Crippen LogP contribution in [0.25, 0.3) is 0 Å². The van der Waals surface area contributed by atoms with Gasteiger partial charge in [0.15, 0.2) is 6.61 Å². The van der Waals surface area contributed by atoms with Gasteiger partial charge < -0.3 is 10.5 Å². The third-order valence-corrected chi connectivity index (χ3v) is 1.65. The van der Waals surface area contributed by atoms with Crippen LogP contribution in [0.15, 0.2) is 10.7 Å². The number of nitrogen functional groups attached to an aromatic ring is 1. The van der Waals surface area contributed by atoms with Crippen molar-refractivity contribution in [3.8, 4) is 5.88 Å². The third-order valence-electron chi connectivity index (χ3n) is 1.10. The van der Waals surface area contributed by atoms with Gasteiger partial charge in [0.2, 0.25) is 11.8 Å². The zero-order chi connectivity index (χ0) is 10.8. The molecular formula is C6H5BrF3N3O. The number of hydrogen-bond acceptors (Lipinski definition) is 4. The maximum atomic E-state index is 11.8. The Bertz CT molecular complexity index is 331. The Morgan fingerprint density at radius 2 is 2.14 bits per heavy atom. The van der Waals surface area contributed by atoms with E-state index in [1.54, 1.807) is 0 Å². The minimum atomic E-state index is -4.40. The van der Waals surface area contributed by atoms with Crippen LogP contribution in [0.4, 0.5) is 19.1 Å². The van der Waals surface area contributed by atoms with E-state index in [4.69, 9.17) is 5.73 Å². The van der Waals surface area contributed by atoms with Crippen LogP contribution in [-0.2, 0) is 0 Å². The van der Waals surface area contributed by atoms with E-state index in [0.717, 1.165) is 0 Å². The molecule has 1 heterocycles. The molecule has 1 aromatic rings. The summed E-state index contributed by atoms with van der Waals surface area (Å²) in [5, 5.41) is 0. The maximum absolute atomic E-state index is 11.8. The Labute approximate surface area is 85.4 Å². The quantitative estimate of drug-likeness (QED) is 0.891. The zero-order valence-electron chi connectivity index (χ0n) is 6.68. The lowest BCUT2D eigenvalue weighted by molar-refractivity contribution is -0.154. The molecule has 1 aromatic heterocycles. The smallest absolute Gasteiger partial charge is 0.422 e. The van der Waals surface area contributed by atoms with Gasteiger partial charge in [0.05, 0.1) is 10.7 Å². The van der Waals surface area contributed by atoms with Gasteiger partial charge in [-0.25, -0.2) is 4.98 Å². The molecule has 0 atom stereocenters. The first-order chi connectivity index (χ1) is 6.38. The van der Waals surface area contributed by atoms with Crippen LogP contribution in [-0.4, -0.2) is 22.8 Å². The second-order valence-electron chi connectivity index (χ2n) is 2.29. The Kier molecular flexibility index (Phi) is 3.14. The molecule has 0 amide bonds. The van der Waals surface area contributed by atoms with Gasteiger partial charge in [0, 0.05) is 0 Å². The summed E-state index contributed by atoms with van der Waals surface area (Å²) in [6, 6.07) is 0. The molecule has 0 bridgehead atoms. The maximum Gasteiger partial charge on any atom is 0.422 e. The minimum absolute atomic E-state index is 0.148. The molecule has 0 saturated heterocycles. The molecule has 0 saturated carbocycles. The fourth-order valence-electron chi connectivity index (χ4n) is 0.616. The normalized spacial score (nSPS) is 11.4. The van der Waals surface area contributed by atoms with Gasteiger partial charge in [-0.3, -0.25) is 0 Å². The van der Waals surface area contributed by atoms with Crippen molar-refractivity contribution in [1.82, 2.24) is 9.97 Å². The molecule has 2 N–H and O–H groups in total. The number of nitrogens with zero attached hydrogens (tertiary/aromatic N) is 2. The van der Waals surface area contributed by atoms with E-state index in [9.17, 15) is 13.2 Å². The minimum Gasteiger partial charge on any atom is -0.467 e. The number of aromatic nitrogens is 2. The average Bonchev–Trinajstić information content (AvgIpc) is 2.05. The van der Waals surface area contributed by atoms with E-state index < -0.39 is 12.8 Å². The lowest BCUT2D eigenvalue weighted by atomic mass is 10.6. The monoisotopic (exact) mass is 271 g/mol. The number of rotatable bonds is 2. The van der Waals surface area contributed by atoms with Crippen molar-refractivity contribution >= 4 is 21.9 Å². The SMILES string of the molecule is Nc1ncc(Br)c(OCC(F)(F)F)n1. The first kappa shape index (κ1) is 11.0. The number of alkyl halides is 3. The fraction of sp³-hybridized carbons (Fsp3) is 0.333. The van der Waals surface area contributed by atoms with Crippen molar-refractivity contribution in [2.45, 2.75) is 6.18 Å². The summed E-state index contributed by atoms with van der Waals surface area (Å²) in [6.07, 6.45) is -3.19. The summed E-state index contributed by atoms with van der Waals surface area (Å²) in [5.41, 5.74) is 5.16. The summed E-state index contributed by atoms with van der Waals surface area (Å²) in [5.74, 6) is -0.375. The lowest BCUT2D eigenvalue weighted by Gasteiger charge is -2.09. The molecule has 0 aromatic carbocycles.